The fourth-order valence-electron chi connectivity index (χ4n) is 3.05. The molecule has 0 spiro atoms. The smallest absolute Gasteiger partial charge is 0.310 e. The molecular weight excluding hydrogens is 244 g/mol. The summed E-state index contributed by atoms with van der Waals surface area (Å²) in [6.45, 7) is 3.69. The number of rotatable bonds is 5. The molecule has 0 bridgehead atoms. The van der Waals surface area contributed by atoms with E-state index in [2.05, 4.69) is 17.6 Å². The number of nitrogens with one attached hydrogen (secondary N) is 2. The van der Waals surface area contributed by atoms with Crippen LogP contribution in [0.1, 0.15) is 32.6 Å². The molecule has 0 aromatic carbocycles. The minimum Gasteiger partial charge on any atom is -0.481 e. The zero-order valence-electron chi connectivity index (χ0n) is 11.3. The van der Waals surface area contributed by atoms with Crippen molar-refractivity contribution in [3.63, 3.8) is 0 Å². The van der Waals surface area contributed by atoms with Gasteiger partial charge in [0.25, 0.3) is 0 Å². The van der Waals surface area contributed by atoms with Crippen LogP contribution in [0.5, 0.6) is 0 Å². The molecular formula is C14H22N2O3. The summed E-state index contributed by atoms with van der Waals surface area (Å²) in [5.74, 6) is -1.21. The van der Waals surface area contributed by atoms with Crippen molar-refractivity contribution in [2.24, 2.45) is 11.3 Å². The lowest BCUT2D eigenvalue weighted by Crippen LogP contribution is -2.46. The minimum absolute atomic E-state index is 0.0695. The molecule has 19 heavy (non-hydrogen) atoms. The molecule has 3 N–H and O–H groups in total. The Bertz CT molecular complexity index is 386. The standard InChI is InChI=1S/C14H22N2O3/c1-2-5-14(6-7-15-9-14)13(19)16-11-4-3-10(8-11)12(17)18/h3-4,10-11,15H,2,5-9H2,1H3,(H,16,19)(H,17,18). The third-order valence-electron chi connectivity index (χ3n) is 4.17. The topological polar surface area (TPSA) is 78.4 Å². The highest BCUT2D eigenvalue weighted by Gasteiger charge is 2.41. The Morgan fingerprint density at radius 1 is 1.47 bits per heavy atom. The van der Waals surface area contributed by atoms with Crippen LogP contribution in [0.15, 0.2) is 12.2 Å². The summed E-state index contributed by atoms with van der Waals surface area (Å²) < 4.78 is 0. The van der Waals surface area contributed by atoms with Crippen molar-refractivity contribution in [2.75, 3.05) is 13.1 Å². The Morgan fingerprint density at radius 3 is 2.79 bits per heavy atom. The third-order valence-corrected chi connectivity index (χ3v) is 4.17. The number of carboxylic acids is 1. The van der Waals surface area contributed by atoms with Gasteiger partial charge in [-0.05, 0) is 25.8 Å². The van der Waals surface area contributed by atoms with Crippen molar-refractivity contribution in [1.29, 1.82) is 0 Å². The summed E-state index contributed by atoms with van der Waals surface area (Å²) in [5, 5.41) is 15.2. The summed E-state index contributed by atoms with van der Waals surface area (Å²) in [6, 6.07) is -0.136. The molecule has 0 saturated carbocycles. The van der Waals surface area contributed by atoms with Gasteiger partial charge in [0.1, 0.15) is 0 Å². The summed E-state index contributed by atoms with van der Waals surface area (Å²) in [4.78, 5) is 23.3. The van der Waals surface area contributed by atoms with Crippen LogP contribution in [0.4, 0.5) is 0 Å². The summed E-state index contributed by atoms with van der Waals surface area (Å²) in [6.07, 6.45) is 6.67. The maximum Gasteiger partial charge on any atom is 0.310 e. The minimum atomic E-state index is -0.821. The monoisotopic (exact) mass is 266 g/mol. The van der Waals surface area contributed by atoms with Gasteiger partial charge in [-0.3, -0.25) is 9.59 Å². The fourth-order valence-corrected chi connectivity index (χ4v) is 3.05. The van der Waals surface area contributed by atoms with Crippen LogP contribution in [0.2, 0.25) is 0 Å². The first-order chi connectivity index (χ1) is 9.07. The molecule has 0 aromatic rings. The van der Waals surface area contributed by atoms with Gasteiger partial charge < -0.3 is 15.7 Å². The van der Waals surface area contributed by atoms with Gasteiger partial charge in [0, 0.05) is 12.6 Å². The molecule has 1 heterocycles. The molecule has 3 unspecified atom stereocenters. The van der Waals surface area contributed by atoms with E-state index in [9.17, 15) is 9.59 Å². The fraction of sp³-hybridized carbons (Fsp3) is 0.714. The number of carboxylic acid groups (broad SMARTS) is 1. The van der Waals surface area contributed by atoms with E-state index in [1.807, 2.05) is 0 Å². The lowest BCUT2D eigenvalue weighted by atomic mass is 9.81. The number of hydrogen-bond acceptors (Lipinski definition) is 3. The highest BCUT2D eigenvalue weighted by molar-refractivity contribution is 5.84. The predicted molar refractivity (Wildman–Crippen MR) is 71.6 cm³/mol. The number of carbonyl (C=O) groups is 2. The number of aliphatic carboxylic acids is 1. The van der Waals surface area contributed by atoms with Crippen molar-refractivity contribution < 1.29 is 14.7 Å². The van der Waals surface area contributed by atoms with E-state index in [-0.39, 0.29) is 17.4 Å². The van der Waals surface area contributed by atoms with Crippen LogP contribution in [0.25, 0.3) is 0 Å². The molecule has 1 amide bonds. The van der Waals surface area contributed by atoms with Crippen molar-refractivity contribution >= 4 is 11.9 Å². The number of amides is 1. The lowest BCUT2D eigenvalue weighted by Gasteiger charge is -2.28. The van der Waals surface area contributed by atoms with Crippen molar-refractivity contribution in [2.45, 2.75) is 38.6 Å². The van der Waals surface area contributed by atoms with Gasteiger partial charge >= 0.3 is 5.97 Å². The molecule has 1 aliphatic heterocycles. The van der Waals surface area contributed by atoms with E-state index in [0.717, 1.165) is 32.4 Å². The summed E-state index contributed by atoms with van der Waals surface area (Å²) >= 11 is 0. The van der Waals surface area contributed by atoms with E-state index in [1.165, 1.54) is 0 Å². The molecule has 5 nitrogen and oxygen atoms in total. The molecule has 1 aliphatic carbocycles. The Balaban J connectivity index is 1.94. The molecule has 0 radical (unpaired) electrons. The zero-order valence-corrected chi connectivity index (χ0v) is 11.3. The second kappa shape index (κ2) is 5.74. The normalized spacial score (nSPS) is 33.5. The van der Waals surface area contributed by atoms with Gasteiger partial charge in [0.15, 0.2) is 0 Å². The van der Waals surface area contributed by atoms with E-state index in [4.69, 9.17) is 5.11 Å². The van der Waals surface area contributed by atoms with E-state index >= 15 is 0 Å². The first-order valence-corrected chi connectivity index (χ1v) is 7.00. The van der Waals surface area contributed by atoms with Crippen LogP contribution in [0.3, 0.4) is 0 Å². The van der Waals surface area contributed by atoms with Crippen LogP contribution in [0, 0.1) is 11.3 Å². The third kappa shape index (κ3) is 2.97. The molecule has 1 fully saturated rings. The zero-order chi connectivity index (χ0) is 13.9. The van der Waals surface area contributed by atoms with E-state index < -0.39 is 11.9 Å². The Morgan fingerprint density at radius 2 is 2.26 bits per heavy atom. The Labute approximate surface area is 113 Å². The molecule has 0 aromatic heterocycles. The van der Waals surface area contributed by atoms with Gasteiger partial charge in [0.2, 0.25) is 5.91 Å². The SMILES string of the molecule is CCCC1(C(=O)NC2C=CC(C(=O)O)C2)CCNC1. The first kappa shape index (κ1) is 14.1. The average Bonchev–Trinajstić information content (AvgIpc) is 2.99. The highest BCUT2D eigenvalue weighted by atomic mass is 16.4. The second-order valence-electron chi connectivity index (χ2n) is 5.60. The first-order valence-electron chi connectivity index (χ1n) is 7.00. The maximum atomic E-state index is 12.5. The molecule has 2 rings (SSSR count). The van der Waals surface area contributed by atoms with Crippen molar-refractivity contribution in [3.05, 3.63) is 12.2 Å². The van der Waals surface area contributed by atoms with Gasteiger partial charge in [-0.25, -0.2) is 0 Å². The van der Waals surface area contributed by atoms with E-state index in [0.29, 0.717) is 6.42 Å². The largest absolute Gasteiger partial charge is 0.481 e. The summed E-state index contributed by atoms with van der Waals surface area (Å²) in [5.41, 5.74) is -0.302. The quantitative estimate of drug-likeness (QED) is 0.646. The van der Waals surface area contributed by atoms with Crippen LogP contribution in [-0.2, 0) is 9.59 Å². The average molecular weight is 266 g/mol. The van der Waals surface area contributed by atoms with Gasteiger partial charge in [-0.15, -0.1) is 0 Å². The Kier molecular flexibility index (Phi) is 4.24. The maximum absolute atomic E-state index is 12.5. The van der Waals surface area contributed by atoms with Gasteiger partial charge in [-0.2, -0.15) is 0 Å². The molecule has 5 heteroatoms. The van der Waals surface area contributed by atoms with Crippen LogP contribution in [-0.4, -0.2) is 36.1 Å². The Hall–Kier alpha value is -1.36. The van der Waals surface area contributed by atoms with Gasteiger partial charge in [0.05, 0.1) is 11.3 Å². The van der Waals surface area contributed by atoms with E-state index in [1.54, 1.807) is 12.2 Å². The second-order valence-corrected chi connectivity index (χ2v) is 5.60. The molecule has 2 aliphatic rings. The summed E-state index contributed by atoms with van der Waals surface area (Å²) in [7, 11) is 0. The number of hydrogen-bond donors (Lipinski definition) is 3. The van der Waals surface area contributed by atoms with Gasteiger partial charge in [-0.1, -0.05) is 25.5 Å². The lowest BCUT2D eigenvalue weighted by molar-refractivity contribution is -0.140. The molecule has 3 atom stereocenters. The molecule has 106 valence electrons. The predicted octanol–water partition coefficient (Wildman–Crippen LogP) is 0.912. The molecule has 1 saturated heterocycles. The van der Waals surface area contributed by atoms with Crippen LogP contribution < -0.4 is 10.6 Å². The van der Waals surface area contributed by atoms with Crippen molar-refractivity contribution in [1.82, 2.24) is 10.6 Å². The highest BCUT2D eigenvalue weighted by Crippen LogP contribution is 2.32. The van der Waals surface area contributed by atoms with Crippen LogP contribution >= 0.6 is 0 Å². The number of carbonyl (C=O) groups excluding carboxylic acids is 1. The van der Waals surface area contributed by atoms with Crippen molar-refractivity contribution in [3.8, 4) is 0 Å².